The second-order valence-corrected chi connectivity index (χ2v) is 20.5. The summed E-state index contributed by atoms with van der Waals surface area (Å²) in [5.41, 5.74) is -2.33. The van der Waals surface area contributed by atoms with Gasteiger partial charge in [-0.25, -0.2) is 28.3 Å². The highest BCUT2D eigenvalue weighted by Gasteiger charge is 2.34. The molecule has 0 saturated heterocycles. The standard InChI is InChI=1S/C32H41FN4O7.C25H35FN4O7/c1-6-37(31(41)44-32(2,3)4)25(17-16-24(42-5)20-43-19-22-10-8-7-9-11-22)28-35-26(27(38)30(40)36-28)29(39)34-18-21-12-14-23(33)15-13-21;1-6-30(24(35)37-25(2,3)4)18(12-11-17(14-31)36-5)21-28-19(20(32)23(34)29-21)22(33)27-13-15-7-9-16(26)10-8-15/h7-15,24-25,38H,6,16-20H2,1-5H3,(H,34,39)(H,35,36,40);7-10,17-18,31-32H,6,11-14H2,1-5H3,(H,27,33)(H,28,29,34)/t24-,25?;17-,18?/m00/s1. The molecule has 442 valence electrons. The molecule has 0 radical (unpaired) electrons. The van der Waals surface area contributed by atoms with E-state index in [1.807, 2.05) is 30.3 Å². The zero-order valence-corrected chi connectivity index (χ0v) is 47.5. The van der Waals surface area contributed by atoms with E-state index in [1.54, 1.807) is 62.5 Å². The van der Waals surface area contributed by atoms with Crippen molar-refractivity contribution >= 4 is 24.0 Å². The zero-order chi connectivity index (χ0) is 60.0. The maximum atomic E-state index is 13.3. The lowest BCUT2D eigenvalue weighted by molar-refractivity contribution is -0.0105. The molecule has 0 bridgehead atoms. The molecule has 4 amide bonds. The van der Waals surface area contributed by atoms with Gasteiger partial charge in [0.15, 0.2) is 11.4 Å². The first kappa shape index (κ1) is 65.7. The van der Waals surface area contributed by atoms with Gasteiger partial charge in [0.2, 0.25) is 11.5 Å². The molecule has 0 aliphatic rings. The third-order valence-corrected chi connectivity index (χ3v) is 12.1. The van der Waals surface area contributed by atoms with E-state index < -0.39 is 99.0 Å². The Hall–Kier alpha value is -7.80. The van der Waals surface area contributed by atoms with Crippen LogP contribution in [0.4, 0.5) is 18.4 Å². The van der Waals surface area contributed by atoms with Gasteiger partial charge < -0.3 is 59.6 Å². The number of aromatic nitrogens is 4. The average Bonchev–Trinajstić information content (AvgIpc) is 3.45. The maximum Gasteiger partial charge on any atom is 0.410 e. The lowest BCUT2D eigenvalue weighted by Crippen LogP contribution is -2.41. The molecule has 81 heavy (non-hydrogen) atoms. The first-order chi connectivity index (χ1) is 38.3. The molecular formula is C57H76F2N8O14. The zero-order valence-electron chi connectivity index (χ0n) is 47.5. The molecule has 5 rings (SSSR count). The summed E-state index contributed by atoms with van der Waals surface area (Å²) >= 11 is 0. The highest BCUT2D eigenvalue weighted by molar-refractivity contribution is 5.95. The summed E-state index contributed by atoms with van der Waals surface area (Å²) in [5.74, 6) is -4.31. The number of aromatic amines is 2. The summed E-state index contributed by atoms with van der Waals surface area (Å²) in [6.45, 7) is 14.6. The lowest BCUT2D eigenvalue weighted by atomic mass is 10.1. The Morgan fingerprint density at radius 1 is 0.605 bits per heavy atom. The lowest BCUT2D eigenvalue weighted by Gasteiger charge is -2.33. The molecular weight excluding hydrogens is 1060 g/mol. The predicted octanol–water partition coefficient (Wildman–Crippen LogP) is 7.48. The Kier molecular flexibility index (Phi) is 25.4. The highest BCUT2D eigenvalue weighted by Crippen LogP contribution is 2.29. The monoisotopic (exact) mass is 1130 g/mol. The van der Waals surface area contributed by atoms with Crippen molar-refractivity contribution in [2.24, 2.45) is 0 Å². The number of carbonyl (C=O) groups is 4. The van der Waals surface area contributed by atoms with Crippen LogP contribution in [0.5, 0.6) is 11.5 Å². The predicted molar refractivity (Wildman–Crippen MR) is 294 cm³/mol. The van der Waals surface area contributed by atoms with Crippen LogP contribution in [-0.2, 0) is 43.4 Å². The van der Waals surface area contributed by atoms with E-state index in [2.05, 4.69) is 30.6 Å². The van der Waals surface area contributed by atoms with Gasteiger partial charge in [-0.2, -0.15) is 0 Å². The van der Waals surface area contributed by atoms with E-state index in [0.717, 1.165) is 5.56 Å². The summed E-state index contributed by atoms with van der Waals surface area (Å²) < 4.78 is 54.2. The normalized spacial score (nSPS) is 12.9. The summed E-state index contributed by atoms with van der Waals surface area (Å²) in [7, 11) is 2.99. The number of carbonyl (C=O) groups excluding carboxylic acids is 4. The van der Waals surface area contributed by atoms with Crippen LogP contribution < -0.4 is 21.8 Å². The van der Waals surface area contributed by atoms with Crippen LogP contribution in [0.25, 0.3) is 0 Å². The van der Waals surface area contributed by atoms with Crippen molar-refractivity contribution in [1.29, 1.82) is 0 Å². The molecule has 3 aromatic carbocycles. The number of hydrogen-bond donors (Lipinski definition) is 7. The van der Waals surface area contributed by atoms with E-state index in [0.29, 0.717) is 24.2 Å². The number of amides is 4. The number of halogens is 2. The Morgan fingerprint density at radius 3 is 1.36 bits per heavy atom. The Morgan fingerprint density at radius 2 is 1.00 bits per heavy atom. The van der Waals surface area contributed by atoms with Crippen LogP contribution >= 0.6 is 0 Å². The Balaban J connectivity index is 0.000000354. The molecule has 7 N–H and O–H groups in total. The fourth-order valence-electron chi connectivity index (χ4n) is 7.94. The summed E-state index contributed by atoms with van der Waals surface area (Å²) in [5, 5.41) is 35.4. The molecule has 2 heterocycles. The number of aliphatic hydroxyl groups is 1. The third-order valence-electron chi connectivity index (χ3n) is 12.1. The molecule has 0 spiro atoms. The number of ether oxygens (including phenoxy) is 5. The first-order valence-corrected chi connectivity index (χ1v) is 26.3. The SMILES string of the molecule is CCN(C(=O)OC(C)(C)C)C(CC[C@@H](CO)OC)c1nc(C(=O)NCc2ccc(F)cc2)c(O)c(=O)[nH]1.CCN(C(=O)OC(C)(C)C)C(CC[C@@H](COCc1ccccc1)OC)c1nc(C(=O)NCc2ccc(F)cc2)c(O)c(=O)[nH]1. The second kappa shape index (κ2) is 31.3. The van der Waals surface area contributed by atoms with Crippen LogP contribution in [-0.4, -0.2) is 133 Å². The summed E-state index contributed by atoms with van der Waals surface area (Å²) in [6.07, 6.45) is -1.09. The van der Waals surface area contributed by atoms with Crippen molar-refractivity contribution in [2.45, 2.75) is 136 Å². The average molecular weight is 1140 g/mol. The number of aliphatic hydroxyl groups excluding tert-OH is 1. The van der Waals surface area contributed by atoms with E-state index in [1.165, 1.54) is 65.4 Å². The van der Waals surface area contributed by atoms with E-state index in [-0.39, 0.29) is 76.4 Å². The molecule has 2 aromatic heterocycles. The highest BCUT2D eigenvalue weighted by atomic mass is 19.1. The minimum atomic E-state index is -0.965. The van der Waals surface area contributed by atoms with Crippen LogP contribution in [0, 0.1) is 11.6 Å². The summed E-state index contributed by atoms with van der Waals surface area (Å²) in [6, 6.07) is 18.9. The smallest absolute Gasteiger partial charge is 0.410 e. The van der Waals surface area contributed by atoms with Crippen molar-refractivity contribution in [3.05, 3.63) is 151 Å². The number of H-pyrrole nitrogens is 2. The molecule has 4 atom stereocenters. The van der Waals surface area contributed by atoms with Gasteiger partial charge in [0.25, 0.3) is 22.9 Å². The van der Waals surface area contributed by atoms with Crippen molar-refractivity contribution in [2.75, 3.05) is 40.5 Å². The fourth-order valence-corrected chi connectivity index (χ4v) is 7.94. The van der Waals surface area contributed by atoms with Crippen LogP contribution in [0.15, 0.2) is 88.5 Å². The van der Waals surface area contributed by atoms with Crippen molar-refractivity contribution in [3.8, 4) is 11.5 Å². The number of hydrogen-bond acceptors (Lipinski definition) is 16. The third kappa shape index (κ3) is 21.0. The Labute approximate surface area is 469 Å². The largest absolute Gasteiger partial charge is 0.501 e. The molecule has 0 saturated carbocycles. The van der Waals surface area contributed by atoms with Gasteiger partial charge in [0, 0.05) is 40.4 Å². The van der Waals surface area contributed by atoms with Gasteiger partial charge in [-0.3, -0.25) is 29.0 Å². The maximum absolute atomic E-state index is 13.3. The van der Waals surface area contributed by atoms with E-state index in [4.69, 9.17) is 23.7 Å². The molecule has 22 nitrogen and oxygen atoms in total. The number of benzene rings is 3. The minimum absolute atomic E-state index is 0.00317. The molecule has 2 unspecified atom stereocenters. The molecule has 0 fully saturated rings. The number of rotatable bonds is 25. The summed E-state index contributed by atoms with van der Waals surface area (Å²) in [4.78, 5) is 93.8. The van der Waals surface area contributed by atoms with Crippen molar-refractivity contribution in [1.82, 2.24) is 40.4 Å². The second-order valence-electron chi connectivity index (χ2n) is 20.5. The van der Waals surface area contributed by atoms with Gasteiger partial charge in [-0.05, 0) is 122 Å². The van der Waals surface area contributed by atoms with Crippen LogP contribution in [0.2, 0.25) is 0 Å². The Bertz CT molecular complexity index is 2930. The molecule has 0 aliphatic heterocycles. The van der Waals surface area contributed by atoms with Gasteiger partial charge in [-0.15, -0.1) is 0 Å². The quantitative estimate of drug-likeness (QED) is 0.0298. The van der Waals surface area contributed by atoms with Gasteiger partial charge in [0.05, 0.1) is 44.1 Å². The van der Waals surface area contributed by atoms with Crippen molar-refractivity contribution in [3.63, 3.8) is 0 Å². The molecule has 5 aromatic rings. The number of aromatic hydroxyl groups is 2. The molecule has 24 heteroatoms. The van der Waals surface area contributed by atoms with Crippen LogP contribution in [0.3, 0.4) is 0 Å². The first-order valence-electron chi connectivity index (χ1n) is 26.3. The molecule has 0 aliphatic carbocycles. The van der Waals surface area contributed by atoms with Gasteiger partial charge >= 0.3 is 12.2 Å². The fraction of sp³-hybridized carbons (Fsp3) is 0.474. The topological polar surface area (TPSA) is 297 Å². The van der Waals surface area contributed by atoms with E-state index >= 15 is 0 Å². The van der Waals surface area contributed by atoms with Crippen LogP contribution in [0.1, 0.15) is 142 Å². The number of nitrogens with one attached hydrogen (secondary N) is 4. The number of nitrogens with zero attached hydrogens (tertiary/aromatic N) is 4. The minimum Gasteiger partial charge on any atom is -0.501 e. The van der Waals surface area contributed by atoms with Crippen molar-refractivity contribution < 1.29 is 67.0 Å². The van der Waals surface area contributed by atoms with E-state index in [9.17, 15) is 52.9 Å². The van der Waals surface area contributed by atoms with Gasteiger partial charge in [0.1, 0.15) is 34.5 Å². The number of methoxy groups -OCH3 is 2. The van der Waals surface area contributed by atoms with Gasteiger partial charge in [-0.1, -0.05) is 54.6 Å².